The van der Waals surface area contributed by atoms with Gasteiger partial charge in [-0.05, 0) is 54.8 Å². The van der Waals surface area contributed by atoms with Crippen LogP contribution in [0.25, 0.3) is 0 Å². The molecule has 30 heavy (non-hydrogen) atoms. The number of hydrogen-bond acceptors (Lipinski definition) is 5. The van der Waals surface area contributed by atoms with Crippen LogP contribution < -0.4 is 15.4 Å². The molecule has 0 aliphatic heterocycles. The summed E-state index contributed by atoms with van der Waals surface area (Å²) >= 11 is 1.51. The summed E-state index contributed by atoms with van der Waals surface area (Å²) in [6, 6.07) is 12.3. The van der Waals surface area contributed by atoms with Gasteiger partial charge in [0.25, 0.3) is 11.8 Å². The Balaban J connectivity index is 1.64. The van der Waals surface area contributed by atoms with Crippen LogP contribution in [0.3, 0.4) is 0 Å². The molecule has 0 aliphatic rings. The molecule has 0 saturated carbocycles. The number of nitrogens with zero attached hydrogens (tertiary/aromatic N) is 1. The fourth-order valence-corrected chi connectivity index (χ4v) is 3.27. The lowest BCUT2D eigenvalue weighted by molar-refractivity contribution is 0.0948. The molecule has 0 atom stereocenters. The van der Waals surface area contributed by atoms with E-state index in [0.717, 1.165) is 11.3 Å². The number of rotatable bonds is 8. The van der Waals surface area contributed by atoms with Crippen molar-refractivity contribution in [2.24, 2.45) is 5.92 Å². The molecule has 0 unspecified atom stereocenters. The van der Waals surface area contributed by atoms with Gasteiger partial charge >= 0.3 is 0 Å². The number of carbonyl (C=O) groups is 2. The second-order valence-electron chi connectivity index (χ2n) is 7.38. The summed E-state index contributed by atoms with van der Waals surface area (Å²) in [5.41, 5.74) is 5.14. The van der Waals surface area contributed by atoms with Gasteiger partial charge in [0.1, 0.15) is 12.4 Å². The summed E-state index contributed by atoms with van der Waals surface area (Å²) in [4.78, 5) is 29.1. The number of amides is 2. The molecule has 0 fully saturated rings. The number of nitrogens with one attached hydrogen (secondary N) is 2. The largest absolute Gasteiger partial charge is 0.487 e. The van der Waals surface area contributed by atoms with Crippen LogP contribution in [0.5, 0.6) is 5.75 Å². The summed E-state index contributed by atoms with van der Waals surface area (Å²) in [6.45, 7) is 6.93. The minimum absolute atomic E-state index is 0.116. The fourth-order valence-electron chi connectivity index (χ4n) is 2.73. The molecule has 6 nitrogen and oxygen atoms in total. The molecule has 0 spiro atoms. The van der Waals surface area contributed by atoms with Crippen molar-refractivity contribution in [1.29, 1.82) is 0 Å². The van der Waals surface area contributed by atoms with E-state index in [-0.39, 0.29) is 11.8 Å². The second-order valence-corrected chi connectivity index (χ2v) is 8.10. The van der Waals surface area contributed by atoms with Gasteiger partial charge in [-0.1, -0.05) is 19.9 Å². The molecule has 156 valence electrons. The Morgan fingerprint density at radius 2 is 1.90 bits per heavy atom. The predicted molar refractivity (Wildman–Crippen MR) is 119 cm³/mol. The maximum Gasteiger partial charge on any atom is 0.255 e. The van der Waals surface area contributed by atoms with Crippen LogP contribution in [-0.4, -0.2) is 23.3 Å². The van der Waals surface area contributed by atoms with Gasteiger partial charge in [-0.3, -0.25) is 9.59 Å². The molecule has 0 radical (unpaired) electrons. The van der Waals surface area contributed by atoms with Crippen LogP contribution in [0.4, 0.5) is 5.69 Å². The topological polar surface area (TPSA) is 80.3 Å². The Bertz CT molecular complexity index is 1020. The zero-order chi connectivity index (χ0) is 21.5. The average Bonchev–Trinajstić information content (AvgIpc) is 3.25. The smallest absolute Gasteiger partial charge is 0.255 e. The van der Waals surface area contributed by atoms with E-state index in [0.29, 0.717) is 41.6 Å². The molecule has 0 aliphatic carbocycles. The summed E-state index contributed by atoms with van der Waals surface area (Å²) < 4.78 is 5.72. The molecular formula is C23H25N3O3S. The molecule has 3 aromatic rings. The third kappa shape index (κ3) is 5.90. The molecule has 2 aromatic carbocycles. The maximum atomic E-state index is 12.7. The van der Waals surface area contributed by atoms with Crippen molar-refractivity contribution < 1.29 is 14.3 Å². The van der Waals surface area contributed by atoms with Crippen molar-refractivity contribution in [2.75, 3.05) is 11.9 Å². The van der Waals surface area contributed by atoms with Crippen LogP contribution in [0.2, 0.25) is 0 Å². The van der Waals surface area contributed by atoms with E-state index in [4.69, 9.17) is 4.74 Å². The van der Waals surface area contributed by atoms with Gasteiger partial charge in [-0.25, -0.2) is 4.98 Å². The van der Waals surface area contributed by atoms with Crippen molar-refractivity contribution >= 4 is 28.8 Å². The van der Waals surface area contributed by atoms with Crippen LogP contribution in [0.1, 0.15) is 45.8 Å². The molecule has 3 rings (SSSR count). The van der Waals surface area contributed by atoms with Crippen molar-refractivity contribution in [3.05, 3.63) is 75.7 Å². The van der Waals surface area contributed by atoms with Crippen LogP contribution in [-0.2, 0) is 6.61 Å². The highest BCUT2D eigenvalue weighted by atomic mass is 32.1. The summed E-state index contributed by atoms with van der Waals surface area (Å²) in [5.74, 6) is 0.628. The number of carbonyl (C=O) groups excluding carboxylic acids is 2. The SMILES string of the molecule is Cc1cc(C(=O)NCC(C)C)ccc1NC(=O)c1cccc(OCc2cscn2)c1. The van der Waals surface area contributed by atoms with E-state index < -0.39 is 0 Å². The van der Waals surface area contributed by atoms with Crippen molar-refractivity contribution in [3.63, 3.8) is 0 Å². The molecule has 0 bridgehead atoms. The highest BCUT2D eigenvalue weighted by molar-refractivity contribution is 7.07. The summed E-state index contributed by atoms with van der Waals surface area (Å²) in [5, 5.41) is 7.72. The fraction of sp³-hybridized carbons (Fsp3) is 0.261. The highest BCUT2D eigenvalue weighted by Gasteiger charge is 2.12. The standard InChI is InChI=1S/C23H25N3O3S/c1-15(2)11-24-22(27)18-7-8-21(16(3)9-18)26-23(28)17-5-4-6-20(10-17)29-12-19-13-30-14-25-19/h4-10,13-15H,11-12H2,1-3H3,(H,24,27)(H,26,28). The number of anilines is 1. The Morgan fingerprint density at radius 3 is 2.60 bits per heavy atom. The van der Waals surface area contributed by atoms with E-state index in [1.54, 1.807) is 48.0 Å². The van der Waals surface area contributed by atoms with Gasteiger partial charge in [0, 0.05) is 28.7 Å². The van der Waals surface area contributed by atoms with E-state index in [2.05, 4.69) is 15.6 Å². The first-order valence-electron chi connectivity index (χ1n) is 9.72. The number of thiazole rings is 1. The first-order chi connectivity index (χ1) is 14.4. The lowest BCUT2D eigenvalue weighted by Gasteiger charge is -2.12. The third-order valence-electron chi connectivity index (χ3n) is 4.37. The number of aryl methyl sites for hydroxylation is 1. The van der Waals surface area contributed by atoms with Gasteiger partial charge in [0.2, 0.25) is 0 Å². The number of benzene rings is 2. The lowest BCUT2D eigenvalue weighted by atomic mass is 10.1. The van der Waals surface area contributed by atoms with Crippen molar-refractivity contribution in [1.82, 2.24) is 10.3 Å². The molecule has 2 N–H and O–H groups in total. The zero-order valence-corrected chi connectivity index (χ0v) is 18.1. The number of hydrogen-bond donors (Lipinski definition) is 2. The first kappa shape index (κ1) is 21.5. The van der Waals surface area contributed by atoms with E-state index in [1.807, 2.05) is 26.2 Å². The lowest BCUT2D eigenvalue weighted by Crippen LogP contribution is -2.27. The first-order valence-corrected chi connectivity index (χ1v) is 10.7. The summed E-state index contributed by atoms with van der Waals surface area (Å²) in [7, 11) is 0. The zero-order valence-electron chi connectivity index (χ0n) is 17.3. The molecule has 2 amide bonds. The van der Waals surface area contributed by atoms with Crippen LogP contribution in [0, 0.1) is 12.8 Å². The predicted octanol–water partition coefficient (Wildman–Crippen LogP) is 4.67. The molecular weight excluding hydrogens is 398 g/mol. The van der Waals surface area contributed by atoms with Gasteiger partial charge in [-0.2, -0.15) is 0 Å². The van der Waals surface area contributed by atoms with E-state index in [9.17, 15) is 9.59 Å². The monoisotopic (exact) mass is 423 g/mol. The summed E-state index contributed by atoms with van der Waals surface area (Å²) in [6.07, 6.45) is 0. The van der Waals surface area contributed by atoms with Crippen molar-refractivity contribution in [3.8, 4) is 5.75 Å². The quantitative estimate of drug-likeness (QED) is 0.552. The Morgan fingerprint density at radius 1 is 1.10 bits per heavy atom. The van der Waals surface area contributed by atoms with Crippen LogP contribution in [0.15, 0.2) is 53.4 Å². The van der Waals surface area contributed by atoms with E-state index >= 15 is 0 Å². The minimum Gasteiger partial charge on any atom is -0.487 e. The van der Waals surface area contributed by atoms with Gasteiger partial charge in [-0.15, -0.1) is 11.3 Å². The average molecular weight is 424 g/mol. The maximum absolute atomic E-state index is 12.7. The number of ether oxygens (including phenoxy) is 1. The van der Waals surface area contributed by atoms with E-state index in [1.165, 1.54) is 11.3 Å². The van der Waals surface area contributed by atoms with Gasteiger partial charge in [0.15, 0.2) is 0 Å². The molecule has 1 heterocycles. The van der Waals surface area contributed by atoms with Crippen LogP contribution >= 0.6 is 11.3 Å². The molecule has 0 saturated heterocycles. The highest BCUT2D eigenvalue weighted by Crippen LogP contribution is 2.20. The van der Waals surface area contributed by atoms with Gasteiger partial charge < -0.3 is 15.4 Å². The molecule has 1 aromatic heterocycles. The second kappa shape index (κ2) is 10.0. The Labute approximate surface area is 180 Å². The van der Waals surface area contributed by atoms with Gasteiger partial charge in [0.05, 0.1) is 11.2 Å². The normalized spacial score (nSPS) is 10.7. The van der Waals surface area contributed by atoms with Crippen molar-refractivity contribution in [2.45, 2.75) is 27.4 Å². The minimum atomic E-state index is -0.241. The molecule has 7 heteroatoms. The Kier molecular flexibility index (Phi) is 7.19. The third-order valence-corrected chi connectivity index (χ3v) is 5.01. The number of aromatic nitrogens is 1. The Hall–Kier alpha value is -3.19.